The number of aromatic nitrogens is 2. The Morgan fingerprint density at radius 1 is 1.04 bits per heavy atom. The summed E-state index contributed by atoms with van der Waals surface area (Å²) in [5.74, 6) is 0.295. The maximum absolute atomic E-state index is 9.69. The number of nitrogens with zero attached hydrogens (tertiary/aromatic N) is 3. The van der Waals surface area contributed by atoms with Gasteiger partial charge in [0.05, 0.1) is 17.9 Å². The van der Waals surface area contributed by atoms with Crippen LogP contribution in [0.1, 0.15) is 16.8 Å². The Kier molecular flexibility index (Phi) is 3.39. The number of hydrogen-bond acceptors (Lipinski definition) is 3. The highest BCUT2D eigenvalue weighted by atomic mass is 16.3. The Hall–Kier alpha value is -2.59. The van der Waals surface area contributed by atoms with Crippen LogP contribution in [0.25, 0.3) is 11.3 Å². The summed E-state index contributed by atoms with van der Waals surface area (Å²) in [6, 6.07) is 17.8. The molecule has 0 saturated heterocycles. The zero-order valence-corrected chi connectivity index (χ0v) is 13.1. The van der Waals surface area contributed by atoms with Crippen molar-refractivity contribution in [1.82, 2.24) is 14.7 Å². The van der Waals surface area contributed by atoms with Crippen LogP contribution >= 0.6 is 0 Å². The molecule has 2 heterocycles. The van der Waals surface area contributed by atoms with Crippen molar-refractivity contribution in [3.8, 4) is 17.0 Å². The third kappa shape index (κ3) is 2.62. The maximum Gasteiger partial charge on any atom is 0.115 e. The van der Waals surface area contributed by atoms with Crippen molar-refractivity contribution < 1.29 is 5.11 Å². The van der Waals surface area contributed by atoms with E-state index in [1.165, 1.54) is 16.8 Å². The number of hydrogen-bond donors (Lipinski definition) is 1. The molecule has 23 heavy (non-hydrogen) atoms. The molecule has 0 atom stereocenters. The fraction of sp³-hybridized carbons (Fsp3) is 0.211. The zero-order valence-electron chi connectivity index (χ0n) is 13.1. The average Bonchev–Trinajstić information content (AvgIpc) is 3.03. The molecule has 3 aromatic rings. The topological polar surface area (TPSA) is 41.3 Å². The molecule has 2 aromatic carbocycles. The van der Waals surface area contributed by atoms with Gasteiger partial charge in [-0.1, -0.05) is 42.5 Å². The first-order chi connectivity index (χ1) is 11.2. The summed E-state index contributed by atoms with van der Waals surface area (Å²) in [6.45, 7) is 2.48. The molecule has 0 aliphatic carbocycles. The van der Waals surface area contributed by atoms with E-state index in [0.717, 1.165) is 24.3 Å². The lowest BCUT2D eigenvalue weighted by Gasteiger charge is -2.12. The van der Waals surface area contributed by atoms with Crippen molar-refractivity contribution in [3.63, 3.8) is 0 Å². The van der Waals surface area contributed by atoms with Gasteiger partial charge in [-0.3, -0.25) is 9.58 Å². The van der Waals surface area contributed by atoms with Crippen molar-refractivity contribution >= 4 is 0 Å². The molecular formula is C19H19N3O. The molecule has 116 valence electrons. The van der Waals surface area contributed by atoms with E-state index in [0.29, 0.717) is 12.3 Å². The fourth-order valence-corrected chi connectivity index (χ4v) is 3.28. The molecular weight excluding hydrogens is 286 g/mol. The highest BCUT2D eigenvalue weighted by Gasteiger charge is 2.26. The van der Waals surface area contributed by atoms with E-state index < -0.39 is 0 Å². The summed E-state index contributed by atoms with van der Waals surface area (Å²) in [5.41, 5.74) is 5.91. The Bertz CT molecular complexity index is 839. The Morgan fingerprint density at radius 2 is 1.87 bits per heavy atom. The van der Waals surface area contributed by atoms with Crippen molar-refractivity contribution in [2.45, 2.75) is 19.6 Å². The standard InChI is InChI=1S/C19H19N3O/c1-21-12-17-18(13-21)20-22(11-14-6-5-9-16(23)10-14)19(17)15-7-3-2-4-8-15/h2-10,23H,11-13H2,1H3. The van der Waals surface area contributed by atoms with Crippen LogP contribution in [0.5, 0.6) is 5.75 Å². The van der Waals surface area contributed by atoms with Crippen LogP contribution in [0.4, 0.5) is 0 Å². The molecule has 0 unspecified atom stereocenters. The van der Waals surface area contributed by atoms with Crippen LogP contribution in [-0.2, 0) is 19.6 Å². The lowest BCUT2D eigenvalue weighted by molar-refractivity contribution is 0.346. The lowest BCUT2D eigenvalue weighted by Crippen LogP contribution is -2.12. The van der Waals surface area contributed by atoms with Crippen LogP contribution in [0.15, 0.2) is 54.6 Å². The van der Waals surface area contributed by atoms with Crippen LogP contribution in [0, 0.1) is 0 Å². The summed E-state index contributed by atoms with van der Waals surface area (Å²) in [7, 11) is 2.12. The molecule has 0 radical (unpaired) electrons. The molecule has 0 bridgehead atoms. The predicted molar refractivity (Wildman–Crippen MR) is 90.0 cm³/mol. The van der Waals surface area contributed by atoms with Gasteiger partial charge in [0.1, 0.15) is 5.75 Å². The van der Waals surface area contributed by atoms with Gasteiger partial charge in [-0.15, -0.1) is 0 Å². The van der Waals surface area contributed by atoms with E-state index in [1.807, 2.05) is 18.2 Å². The number of aromatic hydroxyl groups is 1. The second-order valence-corrected chi connectivity index (χ2v) is 6.14. The first-order valence-corrected chi connectivity index (χ1v) is 7.81. The van der Waals surface area contributed by atoms with E-state index in [-0.39, 0.29) is 0 Å². The van der Waals surface area contributed by atoms with E-state index in [1.54, 1.807) is 12.1 Å². The normalized spacial score (nSPS) is 14.1. The smallest absolute Gasteiger partial charge is 0.115 e. The molecule has 4 rings (SSSR count). The number of phenolic OH excluding ortho intramolecular Hbond substituents is 1. The molecule has 1 N–H and O–H groups in total. The average molecular weight is 305 g/mol. The van der Waals surface area contributed by atoms with Crippen LogP contribution in [0.3, 0.4) is 0 Å². The Labute approximate surface area is 135 Å². The first-order valence-electron chi connectivity index (χ1n) is 7.81. The van der Waals surface area contributed by atoms with Gasteiger partial charge < -0.3 is 5.11 Å². The highest BCUT2D eigenvalue weighted by molar-refractivity contribution is 5.65. The van der Waals surface area contributed by atoms with Crippen molar-refractivity contribution in [2.75, 3.05) is 7.05 Å². The second kappa shape index (κ2) is 5.56. The number of phenols is 1. The Balaban J connectivity index is 1.80. The zero-order chi connectivity index (χ0) is 15.8. The molecule has 0 saturated carbocycles. The minimum Gasteiger partial charge on any atom is -0.508 e. The minimum atomic E-state index is 0.295. The molecule has 1 aliphatic heterocycles. The van der Waals surface area contributed by atoms with E-state index in [2.05, 4.69) is 40.9 Å². The quantitative estimate of drug-likeness (QED) is 0.807. The van der Waals surface area contributed by atoms with Gasteiger partial charge in [0.25, 0.3) is 0 Å². The fourth-order valence-electron chi connectivity index (χ4n) is 3.28. The van der Waals surface area contributed by atoms with Crippen LogP contribution in [-0.4, -0.2) is 26.8 Å². The van der Waals surface area contributed by atoms with Gasteiger partial charge >= 0.3 is 0 Å². The summed E-state index contributed by atoms with van der Waals surface area (Å²) >= 11 is 0. The summed E-state index contributed by atoms with van der Waals surface area (Å²) in [4.78, 5) is 2.28. The van der Waals surface area contributed by atoms with Gasteiger partial charge in [0.15, 0.2) is 0 Å². The van der Waals surface area contributed by atoms with Crippen LogP contribution in [0.2, 0.25) is 0 Å². The Morgan fingerprint density at radius 3 is 2.65 bits per heavy atom. The number of fused-ring (bicyclic) bond motifs is 1. The molecule has 1 aromatic heterocycles. The second-order valence-electron chi connectivity index (χ2n) is 6.14. The predicted octanol–water partition coefficient (Wildman–Crippen LogP) is 3.25. The van der Waals surface area contributed by atoms with Crippen molar-refractivity contribution in [3.05, 3.63) is 71.4 Å². The van der Waals surface area contributed by atoms with E-state index in [9.17, 15) is 5.11 Å². The monoisotopic (exact) mass is 305 g/mol. The van der Waals surface area contributed by atoms with Crippen molar-refractivity contribution in [1.29, 1.82) is 0 Å². The van der Waals surface area contributed by atoms with Gasteiger partial charge in [-0.05, 0) is 24.7 Å². The first kappa shape index (κ1) is 14.0. The van der Waals surface area contributed by atoms with Gasteiger partial charge in [-0.2, -0.15) is 5.10 Å². The van der Waals surface area contributed by atoms with Crippen LogP contribution < -0.4 is 0 Å². The summed E-state index contributed by atoms with van der Waals surface area (Å²) in [5, 5.41) is 14.5. The summed E-state index contributed by atoms with van der Waals surface area (Å²) in [6.07, 6.45) is 0. The highest BCUT2D eigenvalue weighted by Crippen LogP contribution is 2.32. The largest absolute Gasteiger partial charge is 0.508 e. The number of rotatable bonds is 3. The molecule has 1 aliphatic rings. The SMILES string of the molecule is CN1Cc2nn(Cc3cccc(O)c3)c(-c3ccccc3)c2C1. The lowest BCUT2D eigenvalue weighted by atomic mass is 10.1. The van der Waals surface area contributed by atoms with Gasteiger partial charge in [0.2, 0.25) is 0 Å². The number of benzene rings is 2. The molecule has 0 fully saturated rings. The van der Waals surface area contributed by atoms with Gasteiger partial charge in [0, 0.05) is 24.2 Å². The molecule has 0 amide bonds. The minimum absolute atomic E-state index is 0.295. The molecule has 0 spiro atoms. The van der Waals surface area contributed by atoms with Crippen molar-refractivity contribution in [2.24, 2.45) is 0 Å². The maximum atomic E-state index is 9.69. The third-order valence-electron chi connectivity index (χ3n) is 4.27. The molecule has 4 nitrogen and oxygen atoms in total. The molecule has 4 heteroatoms. The van der Waals surface area contributed by atoms with Gasteiger partial charge in [-0.25, -0.2) is 0 Å². The van der Waals surface area contributed by atoms with E-state index >= 15 is 0 Å². The summed E-state index contributed by atoms with van der Waals surface area (Å²) < 4.78 is 2.07. The third-order valence-corrected chi connectivity index (χ3v) is 4.27. The van der Waals surface area contributed by atoms with E-state index in [4.69, 9.17) is 5.10 Å².